The number of anilines is 1. The van der Waals surface area contributed by atoms with Crippen molar-refractivity contribution in [1.82, 2.24) is 10.2 Å². The van der Waals surface area contributed by atoms with Crippen LogP contribution < -0.4 is 16.4 Å². The Morgan fingerprint density at radius 3 is 2.35 bits per heavy atom. The van der Waals surface area contributed by atoms with E-state index in [9.17, 15) is 32.3 Å². The van der Waals surface area contributed by atoms with Crippen molar-refractivity contribution >= 4 is 29.4 Å². The number of nitrogens with zero attached hydrogens (tertiary/aromatic N) is 1. The van der Waals surface area contributed by atoms with Gasteiger partial charge in [0, 0.05) is 11.3 Å². The molecule has 31 heavy (non-hydrogen) atoms. The lowest BCUT2D eigenvalue weighted by molar-refractivity contribution is -0.138. The molecular weight excluding hydrogens is 417 g/mol. The van der Waals surface area contributed by atoms with Crippen LogP contribution in [0.4, 0.5) is 23.7 Å². The number of amides is 5. The van der Waals surface area contributed by atoms with Gasteiger partial charge < -0.3 is 16.4 Å². The maximum atomic E-state index is 13.0. The summed E-state index contributed by atoms with van der Waals surface area (Å²) in [5.74, 6) is -2.23. The Morgan fingerprint density at radius 1 is 1.13 bits per heavy atom. The lowest BCUT2D eigenvalue weighted by Crippen LogP contribution is -2.42. The molecule has 8 nitrogen and oxygen atoms in total. The number of nitrogens with two attached hydrogens (primary N) is 1. The number of urea groups is 1. The van der Waals surface area contributed by atoms with Gasteiger partial charge in [-0.25, -0.2) is 4.79 Å². The summed E-state index contributed by atoms with van der Waals surface area (Å²) in [4.78, 5) is 49.1. The predicted octanol–water partition coefficient (Wildman–Crippen LogP) is 2.21. The molecule has 1 aliphatic heterocycles. The molecule has 1 aliphatic rings. The van der Waals surface area contributed by atoms with Gasteiger partial charge in [-0.05, 0) is 48.9 Å². The third-order valence-electron chi connectivity index (χ3n) is 4.80. The average Bonchev–Trinajstić information content (AvgIpc) is 2.92. The van der Waals surface area contributed by atoms with Crippen LogP contribution in [0.15, 0.2) is 48.5 Å². The normalized spacial score (nSPS) is 18.6. The molecule has 2 aromatic rings. The molecule has 1 fully saturated rings. The Balaban J connectivity index is 1.75. The maximum Gasteiger partial charge on any atom is 0.416 e. The quantitative estimate of drug-likeness (QED) is 0.625. The summed E-state index contributed by atoms with van der Waals surface area (Å²) in [6, 6.07) is 8.74. The number of halogens is 3. The van der Waals surface area contributed by atoms with Crippen molar-refractivity contribution in [2.24, 2.45) is 5.73 Å². The van der Waals surface area contributed by atoms with Crippen molar-refractivity contribution in [3.8, 4) is 0 Å². The largest absolute Gasteiger partial charge is 0.416 e. The van der Waals surface area contributed by atoms with Crippen LogP contribution in [0.3, 0.4) is 0 Å². The Labute approximate surface area is 174 Å². The summed E-state index contributed by atoms with van der Waals surface area (Å²) in [5, 5.41) is 4.81. The second-order valence-electron chi connectivity index (χ2n) is 7.01. The minimum Gasteiger partial charge on any atom is -0.366 e. The molecule has 0 aromatic heterocycles. The number of carbonyl (C=O) groups is 4. The second kappa shape index (κ2) is 7.74. The molecule has 3 rings (SSSR count). The highest BCUT2D eigenvalue weighted by Gasteiger charge is 2.50. The first-order valence-electron chi connectivity index (χ1n) is 8.93. The van der Waals surface area contributed by atoms with E-state index in [1.165, 1.54) is 37.3 Å². The van der Waals surface area contributed by atoms with Crippen LogP contribution in [0.5, 0.6) is 0 Å². The molecule has 0 bridgehead atoms. The number of hydrogen-bond donors (Lipinski definition) is 3. The van der Waals surface area contributed by atoms with Gasteiger partial charge in [-0.3, -0.25) is 19.3 Å². The van der Waals surface area contributed by atoms with Gasteiger partial charge in [0.25, 0.3) is 5.91 Å². The number of primary amides is 1. The van der Waals surface area contributed by atoms with Crippen molar-refractivity contribution in [3.63, 3.8) is 0 Å². The molecule has 5 amide bonds. The molecule has 2 aromatic carbocycles. The summed E-state index contributed by atoms with van der Waals surface area (Å²) in [5.41, 5.74) is 2.86. The lowest BCUT2D eigenvalue weighted by Gasteiger charge is -2.23. The van der Waals surface area contributed by atoms with Gasteiger partial charge in [0.2, 0.25) is 11.8 Å². The fourth-order valence-electron chi connectivity index (χ4n) is 3.10. The minimum atomic E-state index is -4.62. The fourth-order valence-corrected chi connectivity index (χ4v) is 3.10. The van der Waals surface area contributed by atoms with E-state index < -0.39 is 47.6 Å². The Bertz CT molecular complexity index is 1070. The Morgan fingerprint density at radius 2 is 1.77 bits per heavy atom. The first kappa shape index (κ1) is 21.8. The van der Waals surface area contributed by atoms with Gasteiger partial charge in [0.15, 0.2) is 0 Å². The summed E-state index contributed by atoms with van der Waals surface area (Å²) in [7, 11) is 0. The van der Waals surface area contributed by atoms with E-state index in [1.807, 2.05) is 0 Å². The van der Waals surface area contributed by atoms with E-state index in [0.717, 1.165) is 18.2 Å². The van der Waals surface area contributed by atoms with Crippen LogP contribution in [-0.4, -0.2) is 35.2 Å². The SMILES string of the molecule is CC1(c2cccc(C(F)(F)F)c2)NC(=O)N(CC(=O)Nc2ccc(C(N)=O)cc2)C1=O. The zero-order chi connectivity index (χ0) is 23.0. The molecule has 1 unspecified atom stereocenters. The molecule has 1 heterocycles. The predicted molar refractivity (Wildman–Crippen MR) is 103 cm³/mol. The summed E-state index contributed by atoms with van der Waals surface area (Å²) in [6.45, 7) is 0.611. The number of carbonyl (C=O) groups excluding carboxylic acids is 4. The molecule has 0 spiro atoms. The third kappa shape index (κ3) is 4.34. The molecule has 0 aliphatic carbocycles. The van der Waals surface area contributed by atoms with Crippen LogP contribution >= 0.6 is 0 Å². The summed E-state index contributed by atoms with van der Waals surface area (Å²) >= 11 is 0. The molecule has 1 atom stereocenters. The molecular formula is C20H17F3N4O4. The van der Waals surface area contributed by atoms with E-state index in [0.29, 0.717) is 10.6 Å². The average molecular weight is 434 g/mol. The molecule has 4 N–H and O–H groups in total. The summed E-state index contributed by atoms with van der Waals surface area (Å²) < 4.78 is 39.1. The number of benzene rings is 2. The molecule has 0 saturated carbocycles. The Hall–Kier alpha value is -3.89. The standard InChI is InChI=1S/C20H17F3N4O4/c1-19(12-3-2-4-13(9-12)20(21,22)23)17(30)27(18(31)26-19)10-15(28)25-14-7-5-11(6-8-14)16(24)29/h2-9H,10H2,1H3,(H2,24,29)(H,25,28)(H,26,31). The van der Waals surface area contributed by atoms with Gasteiger partial charge in [0.1, 0.15) is 12.1 Å². The highest BCUT2D eigenvalue weighted by molar-refractivity contribution is 6.10. The van der Waals surface area contributed by atoms with Crippen LogP contribution in [-0.2, 0) is 21.3 Å². The van der Waals surface area contributed by atoms with E-state index in [2.05, 4.69) is 10.6 Å². The highest BCUT2D eigenvalue weighted by Crippen LogP contribution is 2.34. The molecule has 0 radical (unpaired) electrons. The zero-order valence-corrected chi connectivity index (χ0v) is 16.1. The highest BCUT2D eigenvalue weighted by atomic mass is 19.4. The molecule has 162 valence electrons. The number of imide groups is 1. The van der Waals surface area contributed by atoms with E-state index >= 15 is 0 Å². The number of rotatable bonds is 5. The van der Waals surface area contributed by atoms with Crippen LogP contribution in [0.25, 0.3) is 0 Å². The van der Waals surface area contributed by atoms with Gasteiger partial charge in [-0.2, -0.15) is 13.2 Å². The van der Waals surface area contributed by atoms with Crippen LogP contribution in [0.2, 0.25) is 0 Å². The third-order valence-corrected chi connectivity index (χ3v) is 4.80. The van der Waals surface area contributed by atoms with Crippen molar-refractivity contribution in [3.05, 3.63) is 65.2 Å². The first-order valence-corrected chi connectivity index (χ1v) is 8.93. The molecule has 1 saturated heterocycles. The minimum absolute atomic E-state index is 0.0642. The van der Waals surface area contributed by atoms with Crippen molar-refractivity contribution < 1.29 is 32.3 Å². The maximum absolute atomic E-state index is 13.0. The lowest BCUT2D eigenvalue weighted by atomic mass is 9.90. The van der Waals surface area contributed by atoms with Crippen molar-refractivity contribution in [2.75, 3.05) is 11.9 Å². The van der Waals surface area contributed by atoms with Gasteiger partial charge in [-0.1, -0.05) is 12.1 Å². The molecule has 11 heteroatoms. The number of hydrogen-bond acceptors (Lipinski definition) is 4. The van der Waals surface area contributed by atoms with E-state index in [-0.39, 0.29) is 11.1 Å². The van der Waals surface area contributed by atoms with Crippen LogP contribution in [0, 0.1) is 0 Å². The van der Waals surface area contributed by atoms with Crippen molar-refractivity contribution in [2.45, 2.75) is 18.6 Å². The van der Waals surface area contributed by atoms with Gasteiger partial charge in [0.05, 0.1) is 5.56 Å². The first-order chi connectivity index (χ1) is 14.4. The summed E-state index contributed by atoms with van der Waals surface area (Å²) in [6.07, 6.45) is -4.62. The fraction of sp³-hybridized carbons (Fsp3) is 0.200. The van der Waals surface area contributed by atoms with Gasteiger partial charge in [-0.15, -0.1) is 0 Å². The van der Waals surface area contributed by atoms with Gasteiger partial charge >= 0.3 is 12.2 Å². The van der Waals surface area contributed by atoms with Crippen LogP contribution in [0.1, 0.15) is 28.4 Å². The number of alkyl halides is 3. The van der Waals surface area contributed by atoms with E-state index in [1.54, 1.807) is 0 Å². The Kier molecular flexibility index (Phi) is 5.45. The van der Waals surface area contributed by atoms with E-state index in [4.69, 9.17) is 5.73 Å². The van der Waals surface area contributed by atoms with Crippen molar-refractivity contribution in [1.29, 1.82) is 0 Å². The zero-order valence-electron chi connectivity index (χ0n) is 16.1. The monoisotopic (exact) mass is 434 g/mol. The number of nitrogens with one attached hydrogen (secondary N) is 2. The smallest absolute Gasteiger partial charge is 0.366 e. The topological polar surface area (TPSA) is 122 Å². The second-order valence-corrected chi connectivity index (χ2v) is 7.01.